The molecule has 2 N–H and O–H groups in total. The Kier molecular flexibility index (Phi) is 7.34. The molecule has 0 aliphatic carbocycles. The van der Waals surface area contributed by atoms with Crippen LogP contribution in [0.15, 0.2) is 72.2 Å². The molecule has 1 aliphatic heterocycles. The molecule has 2 aromatic carbocycles. The van der Waals surface area contributed by atoms with E-state index in [4.69, 9.17) is 0 Å². The van der Waals surface area contributed by atoms with Gasteiger partial charge in [0.25, 0.3) is 0 Å². The van der Waals surface area contributed by atoms with Gasteiger partial charge >= 0.3 is 0 Å². The molecule has 0 amide bonds. The number of rotatable bonds is 8. The number of nitrogens with one attached hydrogen (secondary N) is 2. The third-order valence-corrected chi connectivity index (χ3v) is 5.69. The van der Waals surface area contributed by atoms with Crippen LogP contribution in [-0.2, 0) is 26.2 Å². The molecule has 6 heteroatoms. The van der Waals surface area contributed by atoms with E-state index < -0.39 is 0 Å². The van der Waals surface area contributed by atoms with Crippen molar-refractivity contribution in [3.05, 3.63) is 89.5 Å². The molecular formula is C25H32N6. The fourth-order valence-electron chi connectivity index (χ4n) is 3.98. The zero-order chi connectivity index (χ0) is 21.3. The monoisotopic (exact) mass is 416 g/mol. The lowest BCUT2D eigenvalue weighted by Crippen LogP contribution is -2.36. The quantitative estimate of drug-likeness (QED) is 0.437. The number of likely N-dealkylation sites (tertiary alicyclic amines) is 1. The molecule has 1 aromatic heterocycles. The summed E-state index contributed by atoms with van der Waals surface area (Å²) in [6.45, 7) is 5.84. The Morgan fingerprint density at radius 2 is 1.61 bits per heavy atom. The van der Waals surface area contributed by atoms with Gasteiger partial charge in [-0.15, -0.1) is 0 Å². The Bertz CT molecular complexity index is 956. The predicted octanol–water partition coefficient (Wildman–Crippen LogP) is 3.39. The Morgan fingerprint density at radius 1 is 0.903 bits per heavy atom. The summed E-state index contributed by atoms with van der Waals surface area (Å²) in [4.78, 5) is 11.0. The maximum atomic E-state index is 4.36. The molecular weight excluding hydrogens is 384 g/mol. The van der Waals surface area contributed by atoms with E-state index in [1.54, 1.807) is 0 Å². The normalized spacial score (nSPS) is 14.7. The van der Waals surface area contributed by atoms with Crippen LogP contribution in [0.2, 0.25) is 0 Å². The molecule has 1 saturated heterocycles. The van der Waals surface area contributed by atoms with Gasteiger partial charge in [-0.05, 0) is 48.2 Å². The lowest BCUT2D eigenvalue weighted by atomic mass is 10.1. The number of nitrogens with zero attached hydrogens (tertiary/aromatic N) is 4. The largest absolute Gasteiger partial charge is 0.352 e. The number of guanidine groups is 1. The molecule has 1 aliphatic rings. The Labute approximate surface area is 185 Å². The van der Waals surface area contributed by atoms with Crippen LogP contribution in [0, 0.1) is 0 Å². The van der Waals surface area contributed by atoms with Crippen LogP contribution < -0.4 is 10.6 Å². The number of hydrogen-bond acceptors (Lipinski definition) is 3. The first kappa shape index (κ1) is 21.1. The molecule has 0 saturated carbocycles. The third kappa shape index (κ3) is 6.43. The Hall–Kier alpha value is -3.12. The fraction of sp³-hybridized carbons (Fsp3) is 0.360. The van der Waals surface area contributed by atoms with Gasteiger partial charge in [-0.3, -0.25) is 9.89 Å². The summed E-state index contributed by atoms with van der Waals surface area (Å²) in [6.07, 6.45) is 8.31. The van der Waals surface area contributed by atoms with Gasteiger partial charge in [-0.1, -0.05) is 48.5 Å². The molecule has 0 unspecified atom stereocenters. The maximum absolute atomic E-state index is 4.36. The van der Waals surface area contributed by atoms with E-state index in [-0.39, 0.29) is 0 Å². The predicted molar refractivity (Wildman–Crippen MR) is 126 cm³/mol. The molecule has 0 radical (unpaired) electrons. The molecule has 0 atom stereocenters. The van der Waals surface area contributed by atoms with Crippen molar-refractivity contribution in [2.45, 2.75) is 39.0 Å². The number of benzene rings is 2. The van der Waals surface area contributed by atoms with E-state index in [1.165, 1.54) is 48.2 Å². The SMILES string of the molecule is CN=C(NCc1ccc(CN2CCCC2)cc1)NCc1cccc(Cn2ccnc2)c1. The number of imidazole rings is 1. The zero-order valence-corrected chi connectivity index (χ0v) is 18.3. The van der Waals surface area contributed by atoms with Crippen LogP contribution in [0.5, 0.6) is 0 Å². The van der Waals surface area contributed by atoms with Crippen LogP contribution in [-0.4, -0.2) is 40.5 Å². The number of aliphatic imine (C=N–C) groups is 1. The van der Waals surface area contributed by atoms with Gasteiger partial charge in [0, 0.05) is 45.6 Å². The Morgan fingerprint density at radius 3 is 2.32 bits per heavy atom. The van der Waals surface area contributed by atoms with Gasteiger partial charge < -0.3 is 15.2 Å². The van der Waals surface area contributed by atoms with Crippen molar-refractivity contribution in [1.82, 2.24) is 25.1 Å². The number of aromatic nitrogens is 2. The average molecular weight is 417 g/mol. The highest BCUT2D eigenvalue weighted by molar-refractivity contribution is 5.79. The summed E-state index contributed by atoms with van der Waals surface area (Å²) in [7, 11) is 1.81. The molecule has 31 heavy (non-hydrogen) atoms. The van der Waals surface area contributed by atoms with Crippen molar-refractivity contribution in [2.75, 3.05) is 20.1 Å². The minimum atomic E-state index is 0.728. The van der Waals surface area contributed by atoms with Gasteiger partial charge in [0.15, 0.2) is 5.96 Å². The van der Waals surface area contributed by atoms with Crippen LogP contribution >= 0.6 is 0 Å². The van der Waals surface area contributed by atoms with Crippen LogP contribution in [0.3, 0.4) is 0 Å². The molecule has 1 fully saturated rings. The summed E-state index contributed by atoms with van der Waals surface area (Å²) >= 11 is 0. The highest BCUT2D eigenvalue weighted by Gasteiger charge is 2.11. The van der Waals surface area contributed by atoms with Gasteiger partial charge in [-0.2, -0.15) is 0 Å². The van der Waals surface area contributed by atoms with Crippen molar-refractivity contribution in [3.8, 4) is 0 Å². The minimum absolute atomic E-state index is 0.728. The van der Waals surface area contributed by atoms with Crippen LogP contribution in [0.4, 0.5) is 0 Å². The minimum Gasteiger partial charge on any atom is -0.352 e. The lowest BCUT2D eigenvalue weighted by molar-refractivity contribution is 0.331. The molecule has 162 valence electrons. The van der Waals surface area contributed by atoms with E-state index in [0.29, 0.717) is 0 Å². The van der Waals surface area contributed by atoms with Crippen molar-refractivity contribution < 1.29 is 0 Å². The second-order valence-corrected chi connectivity index (χ2v) is 8.13. The molecule has 0 bridgehead atoms. The summed E-state index contributed by atoms with van der Waals surface area (Å²) in [5.74, 6) is 0.807. The highest BCUT2D eigenvalue weighted by Crippen LogP contribution is 2.13. The van der Waals surface area contributed by atoms with Crippen molar-refractivity contribution in [2.24, 2.45) is 4.99 Å². The second kappa shape index (κ2) is 10.8. The fourth-order valence-corrected chi connectivity index (χ4v) is 3.98. The topological polar surface area (TPSA) is 57.5 Å². The zero-order valence-electron chi connectivity index (χ0n) is 18.3. The molecule has 4 rings (SSSR count). The maximum Gasteiger partial charge on any atom is 0.191 e. The molecule has 0 spiro atoms. The Balaban J connectivity index is 1.24. The third-order valence-electron chi connectivity index (χ3n) is 5.69. The van der Waals surface area contributed by atoms with Gasteiger partial charge in [0.1, 0.15) is 0 Å². The first-order valence-electron chi connectivity index (χ1n) is 11.1. The first-order valence-corrected chi connectivity index (χ1v) is 11.1. The number of hydrogen-bond donors (Lipinski definition) is 2. The molecule has 3 aromatic rings. The van der Waals surface area contributed by atoms with E-state index in [0.717, 1.165) is 32.1 Å². The van der Waals surface area contributed by atoms with Gasteiger partial charge in [0.05, 0.1) is 6.33 Å². The standard InChI is InChI=1S/C25H32N6/c1-26-25(28-16-21-7-9-22(10-8-21)18-30-12-2-3-13-30)29-17-23-5-4-6-24(15-23)19-31-14-11-27-20-31/h4-11,14-15,20H,2-3,12-13,16-19H2,1H3,(H2,26,28,29). The van der Waals surface area contributed by atoms with Crippen LogP contribution in [0.1, 0.15) is 35.1 Å². The second-order valence-electron chi connectivity index (χ2n) is 8.13. The van der Waals surface area contributed by atoms with Gasteiger partial charge in [0.2, 0.25) is 0 Å². The molecule has 6 nitrogen and oxygen atoms in total. The van der Waals surface area contributed by atoms with Crippen LogP contribution in [0.25, 0.3) is 0 Å². The van der Waals surface area contributed by atoms with E-state index in [9.17, 15) is 0 Å². The van der Waals surface area contributed by atoms with Crippen molar-refractivity contribution in [1.29, 1.82) is 0 Å². The summed E-state index contributed by atoms with van der Waals surface area (Å²) in [5.41, 5.74) is 5.14. The average Bonchev–Trinajstić information content (AvgIpc) is 3.50. The summed E-state index contributed by atoms with van der Waals surface area (Å²) in [6, 6.07) is 17.5. The summed E-state index contributed by atoms with van der Waals surface area (Å²) < 4.78 is 2.07. The van der Waals surface area contributed by atoms with Gasteiger partial charge in [-0.25, -0.2) is 4.98 Å². The smallest absolute Gasteiger partial charge is 0.191 e. The molecule has 2 heterocycles. The highest BCUT2D eigenvalue weighted by atomic mass is 15.2. The van der Waals surface area contributed by atoms with Crippen molar-refractivity contribution >= 4 is 5.96 Å². The summed E-state index contributed by atoms with van der Waals surface area (Å²) in [5, 5.41) is 6.83. The van der Waals surface area contributed by atoms with Crippen molar-refractivity contribution in [3.63, 3.8) is 0 Å². The first-order chi connectivity index (χ1) is 15.3. The van der Waals surface area contributed by atoms with E-state index >= 15 is 0 Å². The van der Waals surface area contributed by atoms with E-state index in [1.807, 2.05) is 25.8 Å². The van der Waals surface area contributed by atoms with E-state index in [2.05, 4.69) is 78.6 Å². The lowest BCUT2D eigenvalue weighted by Gasteiger charge is -2.15.